The van der Waals surface area contributed by atoms with Crippen molar-refractivity contribution in [2.24, 2.45) is 11.1 Å². The Bertz CT molecular complexity index is 316. The Morgan fingerprint density at radius 2 is 1.59 bits per heavy atom. The van der Waals surface area contributed by atoms with Crippen LogP contribution in [0.15, 0.2) is 0 Å². The van der Waals surface area contributed by atoms with Crippen molar-refractivity contribution in [1.29, 1.82) is 0 Å². The molecule has 0 aliphatic heterocycles. The van der Waals surface area contributed by atoms with Crippen LogP contribution in [0.25, 0.3) is 0 Å². The molecule has 0 aromatic carbocycles. The SMILES string of the molecule is NCC1(C(=O)N(CC(=O)O)CC(=O)O)CCC1. The van der Waals surface area contributed by atoms with Crippen LogP contribution in [0.5, 0.6) is 0 Å². The summed E-state index contributed by atoms with van der Waals surface area (Å²) in [7, 11) is 0. The Kier molecular flexibility index (Phi) is 4.06. The number of carboxylic acids is 2. The van der Waals surface area contributed by atoms with Gasteiger partial charge < -0.3 is 20.8 Å². The number of rotatable bonds is 6. The van der Waals surface area contributed by atoms with Gasteiger partial charge in [0.1, 0.15) is 13.1 Å². The van der Waals surface area contributed by atoms with Crippen molar-refractivity contribution < 1.29 is 24.6 Å². The van der Waals surface area contributed by atoms with Crippen molar-refractivity contribution in [3.05, 3.63) is 0 Å². The lowest BCUT2D eigenvalue weighted by molar-refractivity contribution is -0.157. The second kappa shape index (κ2) is 5.13. The second-order valence-corrected chi connectivity index (χ2v) is 4.29. The monoisotopic (exact) mass is 244 g/mol. The first-order valence-electron chi connectivity index (χ1n) is 5.34. The average molecular weight is 244 g/mol. The summed E-state index contributed by atoms with van der Waals surface area (Å²) in [6, 6.07) is 0. The zero-order chi connectivity index (χ0) is 13.1. The largest absolute Gasteiger partial charge is 0.480 e. The van der Waals surface area contributed by atoms with Gasteiger partial charge in [0.2, 0.25) is 5.91 Å². The summed E-state index contributed by atoms with van der Waals surface area (Å²) in [5.41, 5.74) is 4.78. The lowest BCUT2D eigenvalue weighted by Gasteiger charge is -2.42. The lowest BCUT2D eigenvalue weighted by atomic mass is 9.68. The minimum absolute atomic E-state index is 0.127. The van der Waals surface area contributed by atoms with E-state index in [4.69, 9.17) is 15.9 Å². The van der Waals surface area contributed by atoms with Gasteiger partial charge in [0.15, 0.2) is 0 Å². The van der Waals surface area contributed by atoms with Crippen LogP contribution in [0.4, 0.5) is 0 Å². The first kappa shape index (κ1) is 13.4. The summed E-state index contributed by atoms with van der Waals surface area (Å²) in [5.74, 6) is -2.92. The summed E-state index contributed by atoms with van der Waals surface area (Å²) in [5, 5.41) is 17.3. The van der Waals surface area contributed by atoms with Crippen LogP contribution in [-0.2, 0) is 14.4 Å². The summed E-state index contributed by atoms with van der Waals surface area (Å²) in [4.78, 5) is 34.1. The van der Waals surface area contributed by atoms with Gasteiger partial charge in [0.05, 0.1) is 5.41 Å². The summed E-state index contributed by atoms with van der Waals surface area (Å²) < 4.78 is 0. The molecule has 0 radical (unpaired) electrons. The topological polar surface area (TPSA) is 121 Å². The van der Waals surface area contributed by atoms with Gasteiger partial charge in [-0.3, -0.25) is 14.4 Å². The van der Waals surface area contributed by atoms with Gasteiger partial charge in [-0.25, -0.2) is 0 Å². The van der Waals surface area contributed by atoms with E-state index in [1.165, 1.54) is 0 Å². The molecule has 0 bridgehead atoms. The van der Waals surface area contributed by atoms with Gasteiger partial charge in [-0.1, -0.05) is 6.42 Å². The Morgan fingerprint density at radius 1 is 1.12 bits per heavy atom. The maximum absolute atomic E-state index is 12.1. The van der Waals surface area contributed by atoms with Crippen LogP contribution in [-0.4, -0.2) is 52.6 Å². The Morgan fingerprint density at radius 3 is 1.82 bits per heavy atom. The number of aliphatic carboxylic acids is 2. The molecule has 1 saturated carbocycles. The maximum atomic E-state index is 12.1. The summed E-state index contributed by atoms with van der Waals surface area (Å²) in [6.45, 7) is -1.08. The van der Waals surface area contributed by atoms with Crippen LogP contribution >= 0.6 is 0 Å². The van der Waals surface area contributed by atoms with Crippen LogP contribution in [0.3, 0.4) is 0 Å². The average Bonchev–Trinajstić information content (AvgIpc) is 2.14. The standard InChI is InChI=1S/C10H16N2O5/c11-6-10(2-1-3-10)9(17)12(4-7(13)14)5-8(15)16/h1-6,11H2,(H,13,14)(H,15,16). The van der Waals surface area contributed by atoms with E-state index in [0.29, 0.717) is 12.8 Å². The van der Waals surface area contributed by atoms with Crippen molar-refractivity contribution in [3.8, 4) is 0 Å². The number of nitrogens with zero attached hydrogens (tertiary/aromatic N) is 1. The minimum atomic E-state index is -1.23. The molecule has 1 rings (SSSR count). The Hall–Kier alpha value is -1.63. The van der Waals surface area contributed by atoms with Gasteiger partial charge in [0.25, 0.3) is 0 Å². The molecule has 4 N–H and O–H groups in total. The minimum Gasteiger partial charge on any atom is -0.480 e. The molecule has 1 aliphatic carbocycles. The predicted molar refractivity (Wildman–Crippen MR) is 57.2 cm³/mol. The smallest absolute Gasteiger partial charge is 0.323 e. The molecule has 0 atom stereocenters. The second-order valence-electron chi connectivity index (χ2n) is 4.29. The number of carbonyl (C=O) groups is 3. The third-order valence-corrected chi connectivity index (χ3v) is 3.09. The molecule has 0 aromatic rings. The molecule has 0 unspecified atom stereocenters. The molecule has 96 valence electrons. The highest BCUT2D eigenvalue weighted by molar-refractivity contribution is 5.89. The number of hydrogen-bond acceptors (Lipinski definition) is 4. The molecule has 7 heteroatoms. The first-order valence-corrected chi connectivity index (χ1v) is 5.34. The van der Waals surface area contributed by atoms with Gasteiger partial charge in [0, 0.05) is 6.54 Å². The molecular formula is C10H16N2O5. The quantitative estimate of drug-likeness (QED) is 0.557. The van der Waals surface area contributed by atoms with E-state index < -0.39 is 36.4 Å². The summed E-state index contributed by atoms with van der Waals surface area (Å²) in [6.07, 6.45) is 2.05. The van der Waals surface area contributed by atoms with E-state index in [1.807, 2.05) is 0 Å². The van der Waals surface area contributed by atoms with Crippen LogP contribution in [0, 0.1) is 5.41 Å². The van der Waals surface area contributed by atoms with Crippen LogP contribution in [0.1, 0.15) is 19.3 Å². The summed E-state index contributed by atoms with van der Waals surface area (Å²) >= 11 is 0. The molecule has 17 heavy (non-hydrogen) atoms. The van der Waals surface area contributed by atoms with Crippen molar-refractivity contribution in [3.63, 3.8) is 0 Å². The van der Waals surface area contributed by atoms with E-state index in [1.54, 1.807) is 0 Å². The number of amides is 1. The van der Waals surface area contributed by atoms with E-state index in [-0.39, 0.29) is 6.54 Å². The van der Waals surface area contributed by atoms with Crippen molar-refractivity contribution in [2.45, 2.75) is 19.3 Å². The fourth-order valence-electron chi connectivity index (χ4n) is 1.97. The van der Waals surface area contributed by atoms with Crippen molar-refractivity contribution in [2.75, 3.05) is 19.6 Å². The molecule has 1 aliphatic rings. The fraction of sp³-hybridized carbons (Fsp3) is 0.700. The van der Waals surface area contributed by atoms with E-state index in [0.717, 1.165) is 11.3 Å². The third kappa shape index (κ3) is 2.94. The van der Waals surface area contributed by atoms with Gasteiger partial charge in [-0.05, 0) is 12.8 Å². The predicted octanol–water partition coefficient (Wildman–Crippen LogP) is -0.887. The van der Waals surface area contributed by atoms with Gasteiger partial charge in [-0.15, -0.1) is 0 Å². The molecular weight excluding hydrogens is 228 g/mol. The lowest BCUT2D eigenvalue weighted by Crippen LogP contribution is -2.54. The number of hydrogen-bond donors (Lipinski definition) is 3. The molecule has 0 saturated heterocycles. The zero-order valence-corrected chi connectivity index (χ0v) is 9.39. The highest BCUT2D eigenvalue weighted by Crippen LogP contribution is 2.41. The normalized spacial score (nSPS) is 17.0. The van der Waals surface area contributed by atoms with Crippen molar-refractivity contribution in [1.82, 2.24) is 4.90 Å². The van der Waals surface area contributed by atoms with Crippen molar-refractivity contribution >= 4 is 17.8 Å². The number of nitrogens with two attached hydrogens (primary N) is 1. The van der Waals surface area contributed by atoms with Gasteiger partial charge >= 0.3 is 11.9 Å². The highest BCUT2D eigenvalue weighted by Gasteiger charge is 2.45. The molecule has 1 amide bonds. The molecule has 0 spiro atoms. The fourth-order valence-corrected chi connectivity index (χ4v) is 1.97. The van der Waals surface area contributed by atoms with Crippen LogP contribution in [0.2, 0.25) is 0 Å². The molecule has 0 aromatic heterocycles. The maximum Gasteiger partial charge on any atom is 0.323 e. The Balaban J connectivity index is 2.77. The van der Waals surface area contributed by atoms with E-state index >= 15 is 0 Å². The highest BCUT2D eigenvalue weighted by atomic mass is 16.4. The number of carbonyl (C=O) groups excluding carboxylic acids is 1. The van der Waals surface area contributed by atoms with Crippen LogP contribution < -0.4 is 5.73 Å². The zero-order valence-electron chi connectivity index (χ0n) is 9.39. The van der Waals surface area contributed by atoms with E-state index in [9.17, 15) is 14.4 Å². The molecule has 0 heterocycles. The van der Waals surface area contributed by atoms with E-state index in [2.05, 4.69) is 0 Å². The molecule has 7 nitrogen and oxygen atoms in total. The molecule has 1 fully saturated rings. The first-order chi connectivity index (χ1) is 7.91. The van der Waals surface area contributed by atoms with Gasteiger partial charge in [-0.2, -0.15) is 0 Å². The Labute approximate surface area is 98.2 Å². The number of carboxylic acid groups (broad SMARTS) is 2. The third-order valence-electron chi connectivity index (χ3n) is 3.09.